The fourth-order valence-electron chi connectivity index (χ4n) is 5.29. The number of piperazine rings is 1. The van der Waals surface area contributed by atoms with Crippen LogP contribution in [0.15, 0.2) is 59.2 Å². The van der Waals surface area contributed by atoms with E-state index in [2.05, 4.69) is 54.6 Å². The monoisotopic (exact) mass is 408 g/mol. The summed E-state index contributed by atoms with van der Waals surface area (Å²) < 4.78 is 5.78. The third kappa shape index (κ3) is 4.41. The summed E-state index contributed by atoms with van der Waals surface area (Å²) in [6, 6.07) is 12.4. The number of aryl methyl sites for hydroxylation is 1. The van der Waals surface area contributed by atoms with Crippen molar-refractivity contribution in [1.29, 1.82) is 0 Å². The van der Waals surface area contributed by atoms with Gasteiger partial charge in [-0.05, 0) is 55.6 Å². The Bertz CT molecular complexity index is 838. The van der Waals surface area contributed by atoms with Gasteiger partial charge in [0.15, 0.2) is 0 Å². The van der Waals surface area contributed by atoms with Gasteiger partial charge in [-0.15, -0.1) is 0 Å². The average molecular weight is 409 g/mol. The second kappa shape index (κ2) is 9.09. The molecule has 30 heavy (non-hydrogen) atoms. The highest BCUT2D eigenvalue weighted by Crippen LogP contribution is 2.46. The van der Waals surface area contributed by atoms with Gasteiger partial charge in [-0.2, -0.15) is 0 Å². The van der Waals surface area contributed by atoms with Crippen LogP contribution < -0.4 is 0 Å². The van der Waals surface area contributed by atoms with Gasteiger partial charge in [0.25, 0.3) is 0 Å². The van der Waals surface area contributed by atoms with Gasteiger partial charge in [0.1, 0.15) is 5.76 Å². The first-order valence-corrected chi connectivity index (χ1v) is 11.4. The van der Waals surface area contributed by atoms with Crippen LogP contribution in [0, 0.1) is 12.8 Å². The molecule has 162 valence electrons. The van der Waals surface area contributed by atoms with Gasteiger partial charge in [0.05, 0.1) is 11.9 Å². The van der Waals surface area contributed by atoms with Crippen molar-refractivity contribution in [2.24, 2.45) is 5.92 Å². The molecule has 1 aromatic heterocycles. The average Bonchev–Trinajstić information content (AvgIpc) is 3.24. The van der Waals surface area contributed by atoms with E-state index in [0.717, 1.165) is 63.3 Å². The van der Waals surface area contributed by atoms with E-state index in [4.69, 9.17) is 4.42 Å². The molecule has 1 N–H and O–H groups in total. The molecular formula is C26H36N2O2. The lowest BCUT2D eigenvalue weighted by molar-refractivity contribution is -0.00852. The summed E-state index contributed by atoms with van der Waals surface area (Å²) in [7, 11) is 2.19. The third-order valence-corrected chi connectivity index (χ3v) is 7.38. The van der Waals surface area contributed by atoms with Crippen molar-refractivity contribution < 1.29 is 9.52 Å². The van der Waals surface area contributed by atoms with E-state index in [1.165, 1.54) is 11.1 Å². The first kappa shape index (κ1) is 21.4. The number of hydrogen-bond acceptors (Lipinski definition) is 4. The second-order valence-electron chi connectivity index (χ2n) is 9.35. The molecule has 0 radical (unpaired) electrons. The van der Waals surface area contributed by atoms with Gasteiger partial charge in [0, 0.05) is 51.0 Å². The van der Waals surface area contributed by atoms with Crippen molar-refractivity contribution in [3.63, 3.8) is 0 Å². The Morgan fingerprint density at radius 1 is 1.10 bits per heavy atom. The molecule has 4 heteroatoms. The van der Waals surface area contributed by atoms with Crippen LogP contribution in [0.1, 0.15) is 42.1 Å². The molecule has 1 aliphatic carbocycles. The predicted molar refractivity (Wildman–Crippen MR) is 122 cm³/mol. The fraction of sp³-hybridized carbons (Fsp3) is 0.538. The summed E-state index contributed by atoms with van der Waals surface area (Å²) >= 11 is 0. The van der Waals surface area contributed by atoms with Gasteiger partial charge < -0.3 is 19.3 Å². The van der Waals surface area contributed by atoms with E-state index in [9.17, 15) is 5.11 Å². The largest absolute Gasteiger partial charge is 0.469 e. The van der Waals surface area contributed by atoms with Gasteiger partial charge >= 0.3 is 0 Å². The number of furan rings is 1. The molecule has 2 heterocycles. The Labute approximate surface area is 181 Å². The number of likely N-dealkylation sites (N-methyl/N-ethyl adjacent to an activating group) is 1. The highest BCUT2D eigenvalue weighted by molar-refractivity contribution is 5.35. The first-order chi connectivity index (χ1) is 14.5. The molecular weight excluding hydrogens is 372 g/mol. The lowest BCUT2D eigenvalue weighted by Gasteiger charge is -2.42. The number of nitrogens with zero attached hydrogens (tertiary/aromatic N) is 2. The predicted octanol–water partition coefficient (Wildman–Crippen LogP) is 4.25. The van der Waals surface area contributed by atoms with Crippen molar-refractivity contribution >= 4 is 0 Å². The zero-order valence-electron chi connectivity index (χ0n) is 18.5. The van der Waals surface area contributed by atoms with E-state index in [1.807, 2.05) is 12.1 Å². The Morgan fingerprint density at radius 2 is 1.87 bits per heavy atom. The summed E-state index contributed by atoms with van der Waals surface area (Å²) in [4.78, 5) is 4.92. The zero-order valence-corrected chi connectivity index (χ0v) is 18.5. The van der Waals surface area contributed by atoms with E-state index >= 15 is 0 Å². The first-order valence-electron chi connectivity index (χ1n) is 11.4. The lowest BCUT2D eigenvalue weighted by atomic mass is 9.72. The fourth-order valence-corrected chi connectivity index (χ4v) is 5.29. The molecule has 0 spiro atoms. The van der Waals surface area contributed by atoms with Crippen LogP contribution in [0.3, 0.4) is 0 Å². The maximum atomic E-state index is 12.3. The molecule has 1 aromatic carbocycles. The molecule has 3 unspecified atom stereocenters. The quantitative estimate of drug-likeness (QED) is 0.593. The van der Waals surface area contributed by atoms with Crippen molar-refractivity contribution in [2.45, 2.75) is 44.1 Å². The van der Waals surface area contributed by atoms with Gasteiger partial charge in [-0.25, -0.2) is 0 Å². The molecule has 2 aliphatic rings. The summed E-state index contributed by atoms with van der Waals surface area (Å²) in [6.07, 6.45) is 5.44. The molecule has 1 saturated heterocycles. The van der Waals surface area contributed by atoms with E-state index in [-0.39, 0.29) is 11.8 Å². The van der Waals surface area contributed by atoms with Crippen molar-refractivity contribution in [2.75, 3.05) is 39.8 Å². The van der Waals surface area contributed by atoms with Crippen LogP contribution in [-0.4, -0.2) is 60.3 Å². The maximum absolute atomic E-state index is 12.3. The molecule has 3 atom stereocenters. The number of hydrogen-bond donors (Lipinski definition) is 1. The van der Waals surface area contributed by atoms with E-state index < -0.39 is 5.60 Å². The summed E-state index contributed by atoms with van der Waals surface area (Å²) in [5, 5.41) is 12.3. The van der Waals surface area contributed by atoms with Gasteiger partial charge in [0.2, 0.25) is 0 Å². The van der Waals surface area contributed by atoms with Crippen molar-refractivity contribution in [3.8, 4) is 0 Å². The molecule has 4 rings (SSSR count). The maximum Gasteiger partial charge on any atom is 0.110 e. The van der Waals surface area contributed by atoms with Crippen LogP contribution in [0.5, 0.6) is 0 Å². The zero-order chi connectivity index (χ0) is 21.1. The number of rotatable bonds is 5. The second-order valence-corrected chi connectivity index (χ2v) is 9.35. The molecule has 1 aliphatic heterocycles. The lowest BCUT2D eigenvalue weighted by Crippen LogP contribution is -2.51. The topological polar surface area (TPSA) is 39.9 Å². The third-order valence-electron chi connectivity index (χ3n) is 7.38. The molecule has 4 nitrogen and oxygen atoms in total. The highest BCUT2D eigenvalue weighted by Gasteiger charge is 2.45. The molecule has 2 fully saturated rings. The Kier molecular flexibility index (Phi) is 6.47. The van der Waals surface area contributed by atoms with Crippen molar-refractivity contribution in [1.82, 2.24) is 9.80 Å². The minimum atomic E-state index is -0.941. The van der Waals surface area contributed by atoms with E-state index in [0.29, 0.717) is 6.42 Å². The summed E-state index contributed by atoms with van der Waals surface area (Å²) in [6.45, 7) is 11.9. The molecule has 1 saturated carbocycles. The SMILES string of the molecule is C=C1C(c2ccco2)CCCC(CN2CCN(C)CC2)C1(O)Cc1ccccc1C. The number of aliphatic hydroxyl groups is 1. The van der Waals surface area contributed by atoms with Gasteiger partial charge in [-0.1, -0.05) is 37.3 Å². The molecule has 0 bridgehead atoms. The number of benzene rings is 1. The van der Waals surface area contributed by atoms with Crippen LogP contribution >= 0.6 is 0 Å². The van der Waals surface area contributed by atoms with Crippen LogP contribution in [0.2, 0.25) is 0 Å². The van der Waals surface area contributed by atoms with Crippen LogP contribution in [0.25, 0.3) is 0 Å². The standard InChI is InChI=1S/C26H36N2O2/c1-20-8-4-5-9-22(20)18-26(29)21(2)24(25-12-7-17-30-25)11-6-10-23(26)19-28-15-13-27(3)14-16-28/h4-5,7-9,12,17,23-24,29H,2,6,10-11,13-16,18-19H2,1,3H3. The minimum Gasteiger partial charge on any atom is -0.469 e. The Morgan fingerprint density at radius 3 is 2.57 bits per heavy atom. The Hall–Kier alpha value is -1.88. The van der Waals surface area contributed by atoms with Gasteiger partial charge in [-0.3, -0.25) is 0 Å². The molecule has 2 aromatic rings. The Balaban J connectivity index is 1.64. The van der Waals surface area contributed by atoms with E-state index in [1.54, 1.807) is 6.26 Å². The smallest absolute Gasteiger partial charge is 0.110 e. The van der Waals surface area contributed by atoms with Crippen LogP contribution in [-0.2, 0) is 6.42 Å². The highest BCUT2D eigenvalue weighted by atomic mass is 16.3. The summed E-state index contributed by atoms with van der Waals surface area (Å²) in [5.74, 6) is 1.18. The molecule has 0 amide bonds. The minimum absolute atomic E-state index is 0.0755. The van der Waals surface area contributed by atoms with Crippen LogP contribution in [0.4, 0.5) is 0 Å². The van der Waals surface area contributed by atoms with Crippen molar-refractivity contribution in [3.05, 3.63) is 71.7 Å². The normalized spacial score (nSPS) is 29.1. The summed E-state index contributed by atoms with van der Waals surface area (Å²) in [5.41, 5.74) is 2.43.